The van der Waals surface area contributed by atoms with Crippen molar-refractivity contribution < 1.29 is 19.4 Å². The maximum absolute atomic E-state index is 11.9. The quantitative estimate of drug-likeness (QED) is 0.183. The van der Waals surface area contributed by atoms with Crippen LogP contribution in [0.5, 0.6) is 11.5 Å². The number of hydrogen-bond acceptors (Lipinski definition) is 8. The molecule has 4 fully saturated rings. The van der Waals surface area contributed by atoms with Crippen molar-refractivity contribution >= 4 is 51.4 Å². The highest BCUT2D eigenvalue weighted by Gasteiger charge is 2.36. The maximum atomic E-state index is 11.9. The molecule has 52 heavy (non-hydrogen) atoms. The summed E-state index contributed by atoms with van der Waals surface area (Å²) < 4.78 is 24.7. The highest BCUT2D eigenvalue weighted by molar-refractivity contribution is 7.16. The molecule has 1 N–H and O–H groups in total. The molecule has 6 unspecified atom stereocenters. The number of fused-ring (bicyclic) bond motifs is 1. The Labute approximate surface area is 322 Å². The van der Waals surface area contributed by atoms with Crippen LogP contribution in [0, 0.1) is 29.6 Å². The number of aliphatic carboxylic acids is 1. The largest absolute Gasteiger partial charge is 0.486 e. The lowest BCUT2D eigenvalue weighted by Crippen LogP contribution is -2.28. The van der Waals surface area contributed by atoms with Crippen LogP contribution in [-0.2, 0) is 4.79 Å². The number of carboxylic acids is 1. The molecule has 0 bridgehead atoms. The molecular weight excluding hydrogens is 705 g/mol. The second-order valence-corrected chi connectivity index (χ2v) is 19.8. The summed E-state index contributed by atoms with van der Waals surface area (Å²) in [5.41, 5.74) is 3.86. The van der Waals surface area contributed by atoms with Crippen molar-refractivity contribution in [1.82, 2.24) is 8.75 Å². The zero-order valence-corrected chi connectivity index (χ0v) is 33.9. The summed E-state index contributed by atoms with van der Waals surface area (Å²) in [6.45, 7) is 9.67. The molecule has 6 nitrogen and oxygen atoms in total. The monoisotopic (exact) mass is 760 g/mol. The molecule has 8 rings (SSSR count). The van der Waals surface area contributed by atoms with E-state index >= 15 is 0 Å². The number of nitrogens with zero attached hydrogens (tertiary/aromatic N) is 2. The molecule has 0 aliphatic heterocycles. The van der Waals surface area contributed by atoms with Gasteiger partial charge in [-0.1, -0.05) is 47.0 Å². The van der Waals surface area contributed by atoms with Crippen molar-refractivity contribution in [3.05, 3.63) is 34.0 Å². The van der Waals surface area contributed by atoms with Crippen LogP contribution in [0.25, 0.3) is 31.9 Å². The lowest BCUT2D eigenvalue weighted by atomic mass is 9.75. The summed E-state index contributed by atoms with van der Waals surface area (Å²) in [4.78, 5) is 17.2. The molecule has 4 aliphatic carbocycles. The van der Waals surface area contributed by atoms with E-state index in [2.05, 4.69) is 52.0 Å². The molecule has 1 aromatic carbocycles. The summed E-state index contributed by atoms with van der Waals surface area (Å²) in [5, 5.41) is 9.79. The predicted molar refractivity (Wildman–Crippen MR) is 215 cm³/mol. The van der Waals surface area contributed by atoms with Crippen LogP contribution >= 0.6 is 34.4 Å². The first-order chi connectivity index (χ1) is 25.2. The first kappa shape index (κ1) is 36.5. The Hall–Kier alpha value is -2.49. The molecule has 6 atom stereocenters. The summed E-state index contributed by atoms with van der Waals surface area (Å²) in [7, 11) is 0. The van der Waals surface area contributed by atoms with Crippen molar-refractivity contribution in [1.29, 1.82) is 0 Å². The molecule has 0 spiro atoms. The minimum atomic E-state index is -0.690. The van der Waals surface area contributed by atoms with Crippen LogP contribution in [0.2, 0.25) is 0 Å². The van der Waals surface area contributed by atoms with Gasteiger partial charge >= 0.3 is 5.97 Å². The third-order valence-electron chi connectivity index (χ3n) is 13.2. The third-order valence-corrected chi connectivity index (χ3v) is 16.2. The fourth-order valence-electron chi connectivity index (χ4n) is 9.82. The third kappa shape index (κ3) is 7.44. The molecule has 0 amide bonds. The molecular formula is C43H56N2O4S3. The normalized spacial score (nSPS) is 30.4. The Morgan fingerprint density at radius 2 is 1.12 bits per heavy atom. The number of carboxylic acid groups (broad SMARTS) is 1. The molecule has 0 saturated heterocycles. The zero-order chi connectivity index (χ0) is 35.9. The van der Waals surface area contributed by atoms with Crippen molar-refractivity contribution in [2.75, 3.05) is 0 Å². The van der Waals surface area contributed by atoms with Gasteiger partial charge in [-0.25, -0.2) is 0 Å². The highest BCUT2D eigenvalue weighted by atomic mass is 32.1. The van der Waals surface area contributed by atoms with E-state index in [0.29, 0.717) is 36.5 Å². The summed E-state index contributed by atoms with van der Waals surface area (Å²) >= 11 is 5.11. The Morgan fingerprint density at radius 1 is 0.635 bits per heavy atom. The summed E-state index contributed by atoms with van der Waals surface area (Å²) in [6.07, 6.45) is 16.1. The smallest absolute Gasteiger partial charge is 0.306 e. The van der Waals surface area contributed by atoms with Gasteiger partial charge in [0.25, 0.3) is 0 Å². The van der Waals surface area contributed by atoms with Gasteiger partial charge in [0.1, 0.15) is 11.0 Å². The van der Waals surface area contributed by atoms with Gasteiger partial charge < -0.3 is 14.6 Å². The molecule has 4 saturated carbocycles. The lowest BCUT2D eigenvalue weighted by molar-refractivity contribution is -0.143. The number of benzene rings is 1. The molecule has 3 aromatic heterocycles. The van der Waals surface area contributed by atoms with Gasteiger partial charge in [-0.2, -0.15) is 8.75 Å². The first-order valence-corrected chi connectivity index (χ1v) is 22.7. The highest BCUT2D eigenvalue weighted by Crippen LogP contribution is 2.56. The Bertz CT molecular complexity index is 1850. The Kier molecular flexibility index (Phi) is 11.0. The van der Waals surface area contributed by atoms with E-state index in [1.807, 2.05) is 22.7 Å². The van der Waals surface area contributed by atoms with Crippen molar-refractivity contribution in [3.63, 3.8) is 0 Å². The number of ether oxygens (including phenoxy) is 2. The molecule has 4 aliphatic rings. The number of carbonyl (C=O) groups is 1. The van der Waals surface area contributed by atoms with E-state index in [1.54, 1.807) is 0 Å². The van der Waals surface area contributed by atoms with Crippen LogP contribution in [0.15, 0.2) is 24.3 Å². The van der Waals surface area contributed by atoms with Gasteiger partial charge in [-0.15, -0.1) is 22.7 Å². The SMILES string of the molecule is CC1CCC(C)C(c2ccc(-c3c(OC4CCCCC4)c(OC4CCC(C(=O)O)CC4)c(-c4ccc(C5CC(C)CCC5C)s4)c4nsnc34)s2)C1. The average Bonchev–Trinajstić information content (AvgIpc) is 3.94. The predicted octanol–water partition coefficient (Wildman–Crippen LogP) is 13.0. The minimum Gasteiger partial charge on any atom is -0.486 e. The fraction of sp³-hybridized carbons (Fsp3) is 0.651. The standard InChI is InChI=1S/C43H56N2O4S3/c1-24-10-12-26(3)31(22-24)33-18-20-35(50-33)37-39-40(45-52-44-39)38(36-21-19-34(51-36)32-23-25(2)11-13-27(32)4)42(41(37)48-29-8-6-5-7-9-29)49-30-16-14-28(15-17-30)43(46)47/h18-21,24-32H,5-17,22-23H2,1-4H3,(H,46,47). The van der Waals surface area contributed by atoms with Crippen LogP contribution in [0.3, 0.4) is 0 Å². The Morgan fingerprint density at radius 3 is 1.60 bits per heavy atom. The van der Waals surface area contributed by atoms with Crippen LogP contribution in [-0.4, -0.2) is 32.0 Å². The van der Waals surface area contributed by atoms with Gasteiger partial charge in [0.05, 0.1) is 41.0 Å². The Balaban J connectivity index is 1.28. The van der Waals surface area contributed by atoms with Crippen LogP contribution in [0.1, 0.15) is 146 Å². The van der Waals surface area contributed by atoms with Gasteiger partial charge in [0.2, 0.25) is 0 Å². The van der Waals surface area contributed by atoms with Crippen LogP contribution < -0.4 is 9.47 Å². The van der Waals surface area contributed by atoms with E-state index in [9.17, 15) is 9.90 Å². The van der Waals surface area contributed by atoms with E-state index in [1.165, 1.54) is 89.0 Å². The van der Waals surface area contributed by atoms with Gasteiger partial charge in [0.15, 0.2) is 11.5 Å². The molecule has 9 heteroatoms. The lowest BCUT2D eigenvalue weighted by Gasteiger charge is -2.32. The first-order valence-electron chi connectivity index (χ1n) is 20.3. The van der Waals surface area contributed by atoms with Gasteiger partial charge in [-0.3, -0.25) is 4.79 Å². The van der Waals surface area contributed by atoms with Crippen molar-refractivity contribution in [3.8, 4) is 32.4 Å². The number of aromatic nitrogens is 2. The van der Waals surface area contributed by atoms with E-state index in [4.69, 9.17) is 18.2 Å². The second-order valence-electron chi connectivity index (χ2n) is 17.1. The number of rotatable bonds is 9. The minimum absolute atomic E-state index is 0.0814. The number of thiophene rings is 2. The van der Waals surface area contributed by atoms with E-state index in [-0.39, 0.29) is 18.1 Å². The van der Waals surface area contributed by atoms with Crippen molar-refractivity contribution in [2.24, 2.45) is 29.6 Å². The van der Waals surface area contributed by atoms with E-state index in [0.717, 1.165) is 71.2 Å². The van der Waals surface area contributed by atoms with Gasteiger partial charge in [0, 0.05) is 19.5 Å². The molecule has 3 heterocycles. The van der Waals surface area contributed by atoms with E-state index < -0.39 is 5.97 Å². The topological polar surface area (TPSA) is 81.5 Å². The second kappa shape index (κ2) is 15.7. The molecule has 280 valence electrons. The summed E-state index contributed by atoms with van der Waals surface area (Å²) in [6, 6.07) is 9.34. The van der Waals surface area contributed by atoms with Crippen LogP contribution in [0.4, 0.5) is 0 Å². The van der Waals surface area contributed by atoms with Gasteiger partial charge in [-0.05, 0) is 137 Å². The fourth-order valence-corrected chi connectivity index (χ4v) is 13.0. The maximum Gasteiger partial charge on any atom is 0.306 e. The average molecular weight is 761 g/mol. The van der Waals surface area contributed by atoms with Crippen molar-refractivity contribution in [2.45, 2.75) is 148 Å². The molecule has 4 aromatic rings. The zero-order valence-electron chi connectivity index (χ0n) is 31.4. The summed E-state index contributed by atoms with van der Waals surface area (Å²) in [5.74, 6) is 4.60. The number of hydrogen-bond donors (Lipinski definition) is 1. The molecule has 0 radical (unpaired) electrons.